The predicted octanol–water partition coefficient (Wildman–Crippen LogP) is 2.81. The highest BCUT2D eigenvalue weighted by molar-refractivity contribution is 9.10. The lowest BCUT2D eigenvalue weighted by molar-refractivity contribution is 0.0942. The molecule has 106 valence electrons. The fraction of sp³-hybridized carbons (Fsp3) is 0.0667. The average Bonchev–Trinajstić information content (AvgIpc) is 3.02. The van der Waals surface area contributed by atoms with Crippen molar-refractivity contribution in [3.8, 4) is 0 Å². The minimum atomic E-state index is -0.374. The number of H-pyrrole nitrogens is 1. The minimum absolute atomic E-state index is 0.199. The zero-order valence-corrected chi connectivity index (χ0v) is 12.4. The molecule has 3 aromatic rings. The van der Waals surface area contributed by atoms with Gasteiger partial charge in [-0.3, -0.25) is 9.59 Å². The average molecular weight is 347 g/mol. The molecule has 2 N–H and O–H groups in total. The molecule has 0 fully saturated rings. The molecular formula is C15H11BrN2O3. The lowest BCUT2D eigenvalue weighted by Crippen LogP contribution is -2.26. The molecule has 0 bridgehead atoms. The second kappa shape index (κ2) is 5.57. The number of fused-ring (bicyclic) bond motifs is 1. The smallest absolute Gasteiger partial charge is 0.269 e. The first-order valence-electron chi connectivity index (χ1n) is 6.28. The van der Waals surface area contributed by atoms with Gasteiger partial charge in [0.1, 0.15) is 11.5 Å². The van der Waals surface area contributed by atoms with Crippen LogP contribution < -0.4 is 10.9 Å². The summed E-state index contributed by atoms with van der Waals surface area (Å²) >= 11 is 3.38. The second-order valence-electron chi connectivity index (χ2n) is 4.45. The molecule has 0 aliphatic carbocycles. The number of carbonyl (C=O) groups excluding carboxylic acids is 1. The number of hydrogen-bond acceptors (Lipinski definition) is 3. The molecule has 1 amide bonds. The number of rotatable bonds is 3. The minimum Gasteiger partial charge on any atom is -0.467 e. The SMILES string of the molecule is O=C(NCc1ccco1)c1[nH]c(=O)c2ccccc2c1Br. The Hall–Kier alpha value is -2.34. The van der Waals surface area contributed by atoms with Crippen molar-refractivity contribution in [1.29, 1.82) is 0 Å². The summed E-state index contributed by atoms with van der Waals surface area (Å²) in [5, 5.41) is 3.93. The molecule has 2 heterocycles. The van der Waals surface area contributed by atoms with E-state index in [-0.39, 0.29) is 23.7 Å². The van der Waals surface area contributed by atoms with Gasteiger partial charge < -0.3 is 14.7 Å². The molecule has 0 aliphatic rings. The standard InChI is InChI=1S/C15H11BrN2O3/c16-12-10-5-1-2-6-11(10)14(19)18-13(12)15(20)17-8-9-4-3-7-21-9/h1-7H,8H2,(H,17,20)(H,18,19). The Balaban J connectivity index is 1.94. The molecule has 5 nitrogen and oxygen atoms in total. The van der Waals surface area contributed by atoms with Crippen LogP contribution in [0.4, 0.5) is 0 Å². The van der Waals surface area contributed by atoms with Crippen molar-refractivity contribution in [1.82, 2.24) is 10.3 Å². The zero-order chi connectivity index (χ0) is 14.8. The summed E-state index contributed by atoms with van der Waals surface area (Å²) in [6, 6.07) is 10.6. The summed E-state index contributed by atoms with van der Waals surface area (Å²) < 4.78 is 5.71. The summed E-state index contributed by atoms with van der Waals surface area (Å²) in [7, 11) is 0. The van der Waals surface area contributed by atoms with Crippen molar-refractivity contribution in [2.75, 3.05) is 0 Å². The van der Waals surface area contributed by atoms with Crippen LogP contribution in [0.5, 0.6) is 0 Å². The first-order valence-corrected chi connectivity index (χ1v) is 7.07. The summed E-state index contributed by atoms with van der Waals surface area (Å²) in [6.45, 7) is 0.257. The summed E-state index contributed by atoms with van der Waals surface area (Å²) in [4.78, 5) is 26.8. The molecular weight excluding hydrogens is 336 g/mol. The molecule has 0 atom stereocenters. The van der Waals surface area contributed by atoms with Crippen molar-refractivity contribution >= 4 is 32.6 Å². The van der Waals surface area contributed by atoms with E-state index >= 15 is 0 Å². The normalized spacial score (nSPS) is 10.7. The third-order valence-electron chi connectivity index (χ3n) is 3.10. The zero-order valence-electron chi connectivity index (χ0n) is 10.9. The molecule has 0 aliphatic heterocycles. The van der Waals surface area contributed by atoms with E-state index in [0.29, 0.717) is 21.0 Å². The first-order chi connectivity index (χ1) is 10.2. The number of hydrogen-bond donors (Lipinski definition) is 2. The van der Waals surface area contributed by atoms with Gasteiger partial charge in [0.25, 0.3) is 11.5 Å². The lowest BCUT2D eigenvalue weighted by Gasteiger charge is -2.08. The Morgan fingerprint density at radius 2 is 1.95 bits per heavy atom. The Kier molecular flexibility index (Phi) is 3.62. The number of nitrogens with one attached hydrogen (secondary N) is 2. The first kappa shape index (κ1) is 13.6. The van der Waals surface area contributed by atoms with Crippen LogP contribution >= 0.6 is 15.9 Å². The van der Waals surface area contributed by atoms with Crippen LogP contribution in [0.15, 0.2) is 56.3 Å². The van der Waals surface area contributed by atoms with E-state index < -0.39 is 0 Å². The van der Waals surface area contributed by atoms with Crippen LogP contribution in [-0.2, 0) is 6.54 Å². The molecule has 0 radical (unpaired) electrons. The van der Waals surface area contributed by atoms with E-state index in [1.807, 2.05) is 6.07 Å². The van der Waals surface area contributed by atoms with Gasteiger partial charge >= 0.3 is 0 Å². The maximum Gasteiger partial charge on any atom is 0.269 e. The molecule has 1 aromatic carbocycles. The highest BCUT2D eigenvalue weighted by atomic mass is 79.9. The van der Waals surface area contributed by atoms with E-state index in [1.54, 1.807) is 30.3 Å². The molecule has 6 heteroatoms. The largest absolute Gasteiger partial charge is 0.467 e. The van der Waals surface area contributed by atoms with Crippen LogP contribution in [0.1, 0.15) is 16.2 Å². The van der Waals surface area contributed by atoms with Crippen molar-refractivity contribution in [2.24, 2.45) is 0 Å². The van der Waals surface area contributed by atoms with Crippen molar-refractivity contribution in [3.63, 3.8) is 0 Å². The number of aromatic nitrogens is 1. The Morgan fingerprint density at radius 3 is 2.67 bits per heavy atom. The molecule has 0 saturated carbocycles. The third-order valence-corrected chi connectivity index (χ3v) is 3.92. The summed E-state index contributed by atoms with van der Waals surface area (Å²) in [6.07, 6.45) is 1.54. The Morgan fingerprint density at radius 1 is 1.19 bits per heavy atom. The third kappa shape index (κ3) is 2.62. The number of amides is 1. The van der Waals surface area contributed by atoms with Gasteiger partial charge in [-0.1, -0.05) is 18.2 Å². The molecule has 21 heavy (non-hydrogen) atoms. The maximum absolute atomic E-state index is 12.2. The van der Waals surface area contributed by atoms with Gasteiger partial charge in [-0.2, -0.15) is 0 Å². The molecule has 0 spiro atoms. The fourth-order valence-corrected chi connectivity index (χ4v) is 2.69. The van der Waals surface area contributed by atoms with Crippen LogP contribution in [0.3, 0.4) is 0 Å². The van der Waals surface area contributed by atoms with Gasteiger partial charge in [-0.25, -0.2) is 0 Å². The van der Waals surface area contributed by atoms with Crippen molar-refractivity contribution < 1.29 is 9.21 Å². The van der Waals surface area contributed by atoms with E-state index in [0.717, 1.165) is 0 Å². The Labute approximate surface area is 128 Å². The van der Waals surface area contributed by atoms with Gasteiger partial charge in [0.05, 0.1) is 17.3 Å². The number of furan rings is 1. The van der Waals surface area contributed by atoms with Gasteiger partial charge in [-0.15, -0.1) is 0 Å². The van der Waals surface area contributed by atoms with Gasteiger partial charge in [0.15, 0.2) is 0 Å². The number of halogens is 1. The molecule has 0 saturated heterocycles. The second-order valence-corrected chi connectivity index (χ2v) is 5.24. The quantitative estimate of drug-likeness (QED) is 0.765. The number of carbonyl (C=O) groups is 1. The van der Waals surface area contributed by atoms with E-state index in [4.69, 9.17) is 4.42 Å². The summed E-state index contributed by atoms with van der Waals surface area (Å²) in [5.74, 6) is 0.267. The van der Waals surface area contributed by atoms with Crippen LogP contribution in [0.25, 0.3) is 10.8 Å². The van der Waals surface area contributed by atoms with Gasteiger partial charge in [-0.05, 0) is 34.1 Å². The number of aromatic amines is 1. The predicted molar refractivity (Wildman–Crippen MR) is 82.1 cm³/mol. The van der Waals surface area contributed by atoms with Gasteiger partial charge in [0, 0.05) is 10.8 Å². The van der Waals surface area contributed by atoms with Crippen molar-refractivity contribution in [3.05, 3.63) is 68.9 Å². The highest BCUT2D eigenvalue weighted by Crippen LogP contribution is 2.23. The summed E-state index contributed by atoms with van der Waals surface area (Å²) in [5.41, 5.74) is -0.0952. The van der Waals surface area contributed by atoms with Crippen LogP contribution in [-0.4, -0.2) is 10.9 Å². The number of pyridine rings is 1. The molecule has 3 rings (SSSR count). The van der Waals surface area contributed by atoms with E-state index in [1.165, 1.54) is 6.26 Å². The Bertz CT molecular complexity index is 853. The maximum atomic E-state index is 12.2. The highest BCUT2D eigenvalue weighted by Gasteiger charge is 2.15. The van der Waals surface area contributed by atoms with Gasteiger partial charge in [0.2, 0.25) is 0 Å². The van der Waals surface area contributed by atoms with E-state index in [9.17, 15) is 9.59 Å². The fourth-order valence-electron chi connectivity index (χ4n) is 2.07. The van der Waals surface area contributed by atoms with E-state index in [2.05, 4.69) is 26.2 Å². The van der Waals surface area contributed by atoms with Crippen LogP contribution in [0.2, 0.25) is 0 Å². The number of benzene rings is 1. The van der Waals surface area contributed by atoms with Crippen molar-refractivity contribution in [2.45, 2.75) is 6.54 Å². The topological polar surface area (TPSA) is 75.1 Å². The van der Waals surface area contributed by atoms with Crippen LogP contribution in [0, 0.1) is 0 Å². The molecule has 2 aromatic heterocycles. The lowest BCUT2D eigenvalue weighted by atomic mass is 10.1. The monoisotopic (exact) mass is 346 g/mol. The molecule has 0 unspecified atom stereocenters.